The van der Waals surface area contributed by atoms with Gasteiger partial charge < -0.3 is 14.8 Å². The normalized spacial score (nSPS) is 12.4. The van der Waals surface area contributed by atoms with Crippen molar-refractivity contribution in [2.75, 3.05) is 18.1 Å². The summed E-state index contributed by atoms with van der Waals surface area (Å²) in [6.45, 7) is 0.605. The highest BCUT2D eigenvalue weighted by atomic mass is 32.2. The molecule has 1 heterocycles. The maximum atomic E-state index is 12.8. The Morgan fingerprint density at radius 2 is 1.71 bits per heavy atom. The zero-order valence-corrected chi connectivity index (χ0v) is 17.5. The standard InChI is InChI=1S/C23H22N2O5S/c26-23(24-13-5-8-17-6-2-1-3-7-17)18-9-4-10-20(14-18)31(27,28)25-19-11-12-21-22(15-19)30-16-29-21/h1-4,6-7,9-12,14-15,25H,5,8,13,16H2,(H,24,26). The van der Waals surface area contributed by atoms with Crippen molar-refractivity contribution in [1.29, 1.82) is 0 Å². The van der Waals surface area contributed by atoms with Gasteiger partial charge in [-0.2, -0.15) is 0 Å². The van der Waals surface area contributed by atoms with Crippen LogP contribution < -0.4 is 19.5 Å². The van der Waals surface area contributed by atoms with Crippen molar-refractivity contribution in [3.05, 3.63) is 83.9 Å². The number of fused-ring (bicyclic) bond motifs is 1. The molecule has 0 bridgehead atoms. The second-order valence-corrected chi connectivity index (χ2v) is 8.73. The van der Waals surface area contributed by atoms with Gasteiger partial charge in [-0.3, -0.25) is 9.52 Å². The Bertz CT molecular complexity index is 1180. The number of sulfonamides is 1. The van der Waals surface area contributed by atoms with Gasteiger partial charge in [0.2, 0.25) is 6.79 Å². The summed E-state index contributed by atoms with van der Waals surface area (Å²) < 4.78 is 38.6. The number of nitrogens with one attached hydrogen (secondary N) is 2. The van der Waals surface area contributed by atoms with E-state index in [9.17, 15) is 13.2 Å². The number of amides is 1. The van der Waals surface area contributed by atoms with Crippen LogP contribution in [-0.2, 0) is 16.4 Å². The molecular formula is C23H22N2O5S. The molecule has 0 fully saturated rings. The molecule has 160 valence electrons. The number of anilines is 1. The third-order valence-electron chi connectivity index (χ3n) is 4.80. The maximum Gasteiger partial charge on any atom is 0.261 e. The van der Waals surface area contributed by atoms with Crippen LogP contribution in [0, 0.1) is 0 Å². The lowest BCUT2D eigenvalue weighted by molar-refractivity contribution is 0.0953. The van der Waals surface area contributed by atoms with E-state index in [0.29, 0.717) is 23.7 Å². The summed E-state index contributed by atoms with van der Waals surface area (Å²) >= 11 is 0. The van der Waals surface area contributed by atoms with Crippen molar-refractivity contribution >= 4 is 21.6 Å². The van der Waals surface area contributed by atoms with Crippen LogP contribution in [0.3, 0.4) is 0 Å². The number of carbonyl (C=O) groups is 1. The molecule has 0 radical (unpaired) electrons. The molecule has 0 saturated heterocycles. The van der Waals surface area contributed by atoms with E-state index < -0.39 is 10.0 Å². The summed E-state index contributed by atoms with van der Waals surface area (Å²) in [6.07, 6.45) is 1.65. The molecule has 1 aliphatic heterocycles. The predicted octanol–water partition coefficient (Wildman–Crippen LogP) is 3.58. The fourth-order valence-electron chi connectivity index (χ4n) is 3.22. The van der Waals surface area contributed by atoms with Crippen LogP contribution >= 0.6 is 0 Å². The molecule has 0 spiro atoms. The first-order valence-corrected chi connectivity index (χ1v) is 11.3. The van der Waals surface area contributed by atoms with Gasteiger partial charge in [-0.1, -0.05) is 36.4 Å². The summed E-state index contributed by atoms with van der Waals surface area (Å²) in [5.41, 5.74) is 1.84. The number of benzene rings is 3. The van der Waals surface area contributed by atoms with Crippen LogP contribution in [0.2, 0.25) is 0 Å². The van der Waals surface area contributed by atoms with E-state index in [1.807, 2.05) is 30.3 Å². The Balaban J connectivity index is 1.38. The molecule has 0 atom stereocenters. The monoisotopic (exact) mass is 438 g/mol. The lowest BCUT2D eigenvalue weighted by Crippen LogP contribution is -2.25. The third-order valence-corrected chi connectivity index (χ3v) is 6.18. The smallest absolute Gasteiger partial charge is 0.261 e. The summed E-state index contributed by atoms with van der Waals surface area (Å²) in [6, 6.07) is 20.8. The fraction of sp³-hybridized carbons (Fsp3) is 0.174. The Labute approximate surface area is 181 Å². The average Bonchev–Trinajstić information content (AvgIpc) is 3.25. The van der Waals surface area contributed by atoms with E-state index in [1.165, 1.54) is 17.7 Å². The average molecular weight is 439 g/mol. The second-order valence-electron chi connectivity index (χ2n) is 7.05. The number of aryl methyl sites for hydroxylation is 1. The summed E-state index contributed by atoms with van der Waals surface area (Å²) in [4.78, 5) is 12.5. The molecule has 31 heavy (non-hydrogen) atoms. The molecular weight excluding hydrogens is 416 g/mol. The van der Waals surface area contributed by atoms with Crippen molar-refractivity contribution < 1.29 is 22.7 Å². The van der Waals surface area contributed by atoms with E-state index in [-0.39, 0.29) is 23.2 Å². The highest BCUT2D eigenvalue weighted by Gasteiger charge is 2.19. The molecule has 8 heteroatoms. The zero-order valence-electron chi connectivity index (χ0n) is 16.7. The minimum atomic E-state index is -3.87. The molecule has 0 unspecified atom stereocenters. The third kappa shape index (κ3) is 5.16. The molecule has 0 saturated carbocycles. The van der Waals surface area contributed by atoms with Crippen LogP contribution in [0.4, 0.5) is 5.69 Å². The van der Waals surface area contributed by atoms with Crippen LogP contribution in [-0.4, -0.2) is 27.7 Å². The molecule has 0 aliphatic carbocycles. The van der Waals surface area contributed by atoms with Crippen molar-refractivity contribution in [3.8, 4) is 11.5 Å². The number of hydrogen-bond acceptors (Lipinski definition) is 5. The zero-order chi connectivity index (χ0) is 21.7. The van der Waals surface area contributed by atoms with Crippen molar-refractivity contribution in [2.45, 2.75) is 17.7 Å². The molecule has 3 aromatic carbocycles. The first kappa shape index (κ1) is 20.7. The van der Waals surface area contributed by atoms with Gasteiger partial charge in [-0.15, -0.1) is 0 Å². The van der Waals surface area contributed by atoms with Gasteiger partial charge in [-0.25, -0.2) is 8.42 Å². The molecule has 2 N–H and O–H groups in total. The van der Waals surface area contributed by atoms with Gasteiger partial charge >= 0.3 is 0 Å². The van der Waals surface area contributed by atoms with Crippen LogP contribution in [0.5, 0.6) is 11.5 Å². The number of hydrogen-bond donors (Lipinski definition) is 2. The summed E-state index contributed by atoms with van der Waals surface area (Å²) in [5.74, 6) is 0.728. The first-order valence-electron chi connectivity index (χ1n) is 9.86. The van der Waals surface area contributed by atoms with Gasteiger partial charge in [0.05, 0.1) is 10.6 Å². The molecule has 7 nitrogen and oxygen atoms in total. The predicted molar refractivity (Wildman–Crippen MR) is 117 cm³/mol. The van der Waals surface area contributed by atoms with E-state index in [2.05, 4.69) is 10.0 Å². The second kappa shape index (κ2) is 9.09. The van der Waals surface area contributed by atoms with Gasteiger partial charge in [0.1, 0.15) is 0 Å². The van der Waals surface area contributed by atoms with E-state index in [1.54, 1.807) is 30.3 Å². The topological polar surface area (TPSA) is 93.7 Å². The minimum absolute atomic E-state index is 0.00195. The van der Waals surface area contributed by atoms with Gasteiger partial charge in [0, 0.05) is 18.2 Å². The fourth-order valence-corrected chi connectivity index (χ4v) is 4.31. The van der Waals surface area contributed by atoms with Crippen molar-refractivity contribution in [3.63, 3.8) is 0 Å². The van der Waals surface area contributed by atoms with Gasteiger partial charge in [0.15, 0.2) is 11.5 Å². The SMILES string of the molecule is O=C(NCCCc1ccccc1)c1cccc(S(=O)(=O)Nc2ccc3c(c2)OCO3)c1. The highest BCUT2D eigenvalue weighted by molar-refractivity contribution is 7.92. The Morgan fingerprint density at radius 1 is 0.903 bits per heavy atom. The molecule has 0 aromatic heterocycles. The Morgan fingerprint density at radius 3 is 2.55 bits per heavy atom. The van der Waals surface area contributed by atoms with Crippen LogP contribution in [0.25, 0.3) is 0 Å². The van der Waals surface area contributed by atoms with Crippen LogP contribution in [0.15, 0.2) is 77.7 Å². The lowest BCUT2D eigenvalue weighted by atomic mass is 10.1. The van der Waals surface area contributed by atoms with E-state index in [0.717, 1.165) is 12.8 Å². The van der Waals surface area contributed by atoms with Gasteiger partial charge in [-0.05, 0) is 48.7 Å². The lowest BCUT2D eigenvalue weighted by Gasteiger charge is -2.10. The molecule has 1 amide bonds. The molecule has 4 rings (SSSR count). The quantitative estimate of drug-likeness (QED) is 0.525. The Kier molecular flexibility index (Phi) is 6.08. The first-order chi connectivity index (χ1) is 15.0. The van der Waals surface area contributed by atoms with Gasteiger partial charge in [0.25, 0.3) is 15.9 Å². The summed E-state index contributed by atoms with van der Waals surface area (Å²) in [7, 11) is -3.87. The van der Waals surface area contributed by atoms with E-state index >= 15 is 0 Å². The minimum Gasteiger partial charge on any atom is -0.454 e. The van der Waals surface area contributed by atoms with Crippen molar-refractivity contribution in [1.82, 2.24) is 5.32 Å². The summed E-state index contributed by atoms with van der Waals surface area (Å²) in [5, 5.41) is 2.84. The van der Waals surface area contributed by atoms with Crippen LogP contribution in [0.1, 0.15) is 22.3 Å². The number of carbonyl (C=O) groups excluding carboxylic acids is 1. The highest BCUT2D eigenvalue weighted by Crippen LogP contribution is 2.34. The maximum absolute atomic E-state index is 12.8. The number of rotatable bonds is 8. The molecule has 3 aromatic rings. The largest absolute Gasteiger partial charge is 0.454 e. The number of ether oxygens (including phenoxy) is 2. The van der Waals surface area contributed by atoms with E-state index in [4.69, 9.17) is 9.47 Å². The van der Waals surface area contributed by atoms with Crippen molar-refractivity contribution in [2.24, 2.45) is 0 Å². The molecule has 1 aliphatic rings. The Hall–Kier alpha value is -3.52.